The van der Waals surface area contributed by atoms with E-state index in [1.165, 1.54) is 6.92 Å². The zero-order chi connectivity index (χ0) is 13.4. The Morgan fingerprint density at radius 3 is 2.41 bits per heavy atom. The molecule has 0 amide bonds. The third kappa shape index (κ3) is 6.34. The van der Waals surface area contributed by atoms with E-state index in [4.69, 9.17) is 14.6 Å². The van der Waals surface area contributed by atoms with Crippen molar-refractivity contribution >= 4 is 17.9 Å². The molecule has 6 nitrogen and oxygen atoms in total. The lowest BCUT2D eigenvalue weighted by Crippen LogP contribution is -2.27. The largest absolute Gasteiger partial charge is 0.481 e. The molecule has 0 saturated carbocycles. The Labute approximate surface area is 99.2 Å². The van der Waals surface area contributed by atoms with Crippen molar-refractivity contribution in [3.05, 3.63) is 12.2 Å². The van der Waals surface area contributed by atoms with Gasteiger partial charge in [-0.1, -0.05) is 13.5 Å². The van der Waals surface area contributed by atoms with Crippen LogP contribution in [0.3, 0.4) is 0 Å². The molecule has 17 heavy (non-hydrogen) atoms. The third-order valence-electron chi connectivity index (χ3n) is 1.72. The Morgan fingerprint density at radius 2 is 1.94 bits per heavy atom. The van der Waals surface area contributed by atoms with Gasteiger partial charge < -0.3 is 14.6 Å². The number of aliphatic carboxylic acids is 1. The first-order valence-corrected chi connectivity index (χ1v) is 5.15. The average Bonchev–Trinajstić information content (AvgIpc) is 2.24. The van der Waals surface area contributed by atoms with Crippen molar-refractivity contribution in [2.75, 3.05) is 6.61 Å². The van der Waals surface area contributed by atoms with E-state index in [1.807, 2.05) is 6.92 Å². The van der Waals surface area contributed by atoms with Crippen molar-refractivity contribution in [2.45, 2.75) is 32.8 Å². The maximum absolute atomic E-state index is 11.3. The highest BCUT2D eigenvalue weighted by Crippen LogP contribution is 2.05. The van der Waals surface area contributed by atoms with Crippen LogP contribution in [0.25, 0.3) is 0 Å². The van der Waals surface area contributed by atoms with Crippen LogP contribution in [0.15, 0.2) is 12.2 Å². The van der Waals surface area contributed by atoms with Gasteiger partial charge in [-0.2, -0.15) is 0 Å². The minimum Gasteiger partial charge on any atom is -0.481 e. The van der Waals surface area contributed by atoms with Crippen molar-refractivity contribution in [3.63, 3.8) is 0 Å². The highest BCUT2D eigenvalue weighted by molar-refractivity contribution is 5.94. The summed E-state index contributed by atoms with van der Waals surface area (Å²) in [7, 11) is 0. The molecule has 0 bridgehead atoms. The molecule has 1 N–H and O–H groups in total. The fourth-order valence-electron chi connectivity index (χ4n) is 0.867. The number of carboxylic acids is 1. The zero-order valence-electron chi connectivity index (χ0n) is 9.89. The van der Waals surface area contributed by atoms with Crippen molar-refractivity contribution in [1.82, 2.24) is 0 Å². The first-order valence-electron chi connectivity index (χ1n) is 5.15. The predicted molar refractivity (Wildman–Crippen MR) is 58.2 cm³/mol. The second-order valence-corrected chi connectivity index (χ2v) is 3.39. The van der Waals surface area contributed by atoms with Crippen molar-refractivity contribution < 1.29 is 29.0 Å². The molecule has 1 unspecified atom stereocenters. The molecule has 0 spiro atoms. The molecule has 0 rings (SSSR count). The van der Waals surface area contributed by atoms with E-state index in [2.05, 4.69) is 6.58 Å². The summed E-state index contributed by atoms with van der Waals surface area (Å²) in [4.78, 5) is 32.8. The fraction of sp³-hybridized carbons (Fsp3) is 0.545. The van der Waals surface area contributed by atoms with E-state index in [0.29, 0.717) is 6.42 Å². The van der Waals surface area contributed by atoms with Gasteiger partial charge in [0.1, 0.15) is 0 Å². The molecule has 0 heterocycles. The summed E-state index contributed by atoms with van der Waals surface area (Å²) in [6.45, 7) is 6.69. The van der Waals surface area contributed by atoms with Gasteiger partial charge in [-0.15, -0.1) is 0 Å². The van der Waals surface area contributed by atoms with E-state index >= 15 is 0 Å². The number of hydrogen-bond donors (Lipinski definition) is 1. The molecule has 6 heteroatoms. The van der Waals surface area contributed by atoms with Crippen LogP contribution in [0.5, 0.6) is 0 Å². The van der Waals surface area contributed by atoms with Crippen molar-refractivity contribution in [1.29, 1.82) is 0 Å². The van der Waals surface area contributed by atoms with Gasteiger partial charge in [-0.05, 0) is 13.3 Å². The van der Waals surface area contributed by atoms with E-state index in [9.17, 15) is 14.4 Å². The van der Waals surface area contributed by atoms with Crippen molar-refractivity contribution in [2.24, 2.45) is 0 Å². The van der Waals surface area contributed by atoms with Gasteiger partial charge in [-0.3, -0.25) is 4.79 Å². The lowest BCUT2D eigenvalue weighted by molar-refractivity contribution is -0.164. The third-order valence-corrected chi connectivity index (χ3v) is 1.72. The van der Waals surface area contributed by atoms with Gasteiger partial charge in [0.15, 0.2) is 6.10 Å². The average molecular weight is 244 g/mol. The van der Waals surface area contributed by atoms with Crippen LogP contribution in [0, 0.1) is 0 Å². The van der Waals surface area contributed by atoms with E-state index in [1.54, 1.807) is 0 Å². The van der Waals surface area contributed by atoms with Crippen LogP contribution in [-0.2, 0) is 23.9 Å². The van der Waals surface area contributed by atoms with Crippen LogP contribution >= 0.6 is 0 Å². The van der Waals surface area contributed by atoms with Gasteiger partial charge in [0.25, 0.3) is 0 Å². The summed E-state index contributed by atoms with van der Waals surface area (Å²) < 4.78 is 9.45. The summed E-state index contributed by atoms with van der Waals surface area (Å²) in [6.07, 6.45) is -0.923. The minimum atomic E-state index is -1.19. The molecular formula is C11H16O6. The van der Waals surface area contributed by atoms with Gasteiger partial charge in [0.05, 0.1) is 13.0 Å². The van der Waals surface area contributed by atoms with Crippen molar-refractivity contribution in [3.8, 4) is 0 Å². The molecule has 0 fully saturated rings. The molecule has 0 radical (unpaired) electrons. The van der Waals surface area contributed by atoms with E-state index < -0.39 is 30.4 Å². The normalized spacial score (nSPS) is 11.4. The second-order valence-electron chi connectivity index (χ2n) is 3.39. The van der Waals surface area contributed by atoms with E-state index in [-0.39, 0.29) is 12.2 Å². The SMILES string of the molecule is C=C(CC(=O)O)C(=O)OC(C)C(=O)OCCC. The number of carbonyl (C=O) groups excluding carboxylic acids is 2. The predicted octanol–water partition coefficient (Wildman–Crippen LogP) is 0.902. The summed E-state index contributed by atoms with van der Waals surface area (Å²) in [5.41, 5.74) is -0.215. The molecule has 0 saturated heterocycles. The standard InChI is InChI=1S/C11H16O6/c1-4-5-16-11(15)8(3)17-10(14)7(2)6-9(12)13/h8H,2,4-6H2,1,3H3,(H,12,13). The van der Waals surface area contributed by atoms with E-state index in [0.717, 1.165) is 0 Å². The molecule has 0 aliphatic carbocycles. The van der Waals surface area contributed by atoms with Gasteiger partial charge >= 0.3 is 17.9 Å². The van der Waals surface area contributed by atoms with Crippen LogP contribution in [0.1, 0.15) is 26.7 Å². The molecule has 0 aromatic rings. The highest BCUT2D eigenvalue weighted by atomic mass is 16.6. The highest BCUT2D eigenvalue weighted by Gasteiger charge is 2.21. The smallest absolute Gasteiger partial charge is 0.347 e. The summed E-state index contributed by atoms with van der Waals surface area (Å²) in [6, 6.07) is 0. The van der Waals surface area contributed by atoms with Crippen LogP contribution < -0.4 is 0 Å². The Kier molecular flexibility index (Phi) is 6.62. The topological polar surface area (TPSA) is 89.9 Å². The number of carbonyl (C=O) groups is 3. The number of carboxylic acid groups (broad SMARTS) is 1. The molecule has 0 aliphatic heterocycles. The number of ether oxygens (including phenoxy) is 2. The Bertz CT molecular complexity index is 320. The summed E-state index contributed by atoms with van der Waals surface area (Å²) in [5, 5.41) is 8.43. The molecule has 0 aliphatic rings. The number of hydrogen-bond acceptors (Lipinski definition) is 5. The van der Waals surface area contributed by atoms with Crippen LogP contribution in [0.4, 0.5) is 0 Å². The summed E-state index contributed by atoms with van der Waals surface area (Å²) in [5.74, 6) is -2.76. The first-order chi connectivity index (χ1) is 7.88. The Balaban J connectivity index is 4.15. The molecule has 0 aromatic carbocycles. The lowest BCUT2D eigenvalue weighted by atomic mass is 10.2. The lowest BCUT2D eigenvalue weighted by Gasteiger charge is -2.12. The van der Waals surface area contributed by atoms with Gasteiger partial charge in [0, 0.05) is 5.57 Å². The maximum Gasteiger partial charge on any atom is 0.347 e. The Hall–Kier alpha value is -1.85. The number of esters is 2. The zero-order valence-corrected chi connectivity index (χ0v) is 9.89. The summed E-state index contributed by atoms with van der Waals surface area (Å²) >= 11 is 0. The fourth-order valence-corrected chi connectivity index (χ4v) is 0.867. The monoisotopic (exact) mass is 244 g/mol. The molecular weight excluding hydrogens is 228 g/mol. The van der Waals surface area contributed by atoms with Gasteiger partial charge in [-0.25, -0.2) is 9.59 Å². The first kappa shape index (κ1) is 15.2. The second kappa shape index (κ2) is 7.43. The van der Waals surface area contributed by atoms with Gasteiger partial charge in [0.2, 0.25) is 0 Å². The quantitative estimate of drug-likeness (QED) is 0.528. The molecule has 1 atom stereocenters. The van der Waals surface area contributed by atoms with Crippen LogP contribution in [-0.4, -0.2) is 35.7 Å². The minimum absolute atomic E-state index is 0.215. The maximum atomic E-state index is 11.3. The Morgan fingerprint density at radius 1 is 1.35 bits per heavy atom. The van der Waals surface area contributed by atoms with Crippen LogP contribution in [0.2, 0.25) is 0 Å². The number of rotatable bonds is 7. The molecule has 96 valence electrons. The molecule has 0 aromatic heterocycles.